The molecule has 38 heavy (non-hydrogen) atoms. The van der Waals surface area contributed by atoms with Gasteiger partial charge in [-0.2, -0.15) is 0 Å². The smallest absolute Gasteiger partial charge is 0.358 e. The topological polar surface area (TPSA) is 0 Å². The van der Waals surface area contributed by atoms with Crippen molar-refractivity contribution in [3.8, 4) is 11.1 Å². The first-order valence-electron chi connectivity index (χ1n) is 13.9. The van der Waals surface area contributed by atoms with Crippen LogP contribution in [0.4, 0.5) is 0 Å². The Bertz CT molecular complexity index is 1070. The van der Waals surface area contributed by atoms with Gasteiger partial charge < -0.3 is 14.9 Å². The Morgan fingerprint density at radius 1 is 0.658 bits per heavy atom. The van der Waals surface area contributed by atoms with Crippen molar-refractivity contribution in [2.75, 3.05) is 0 Å². The second-order valence-corrected chi connectivity index (χ2v) is 8.80. The zero-order valence-electron chi connectivity index (χ0n) is 26.7. The first kappa shape index (κ1) is 40.9. The first-order valence-corrected chi connectivity index (χ1v) is 13.9. The van der Waals surface area contributed by atoms with Crippen LogP contribution in [0.25, 0.3) is 27.5 Å². The molecule has 0 fully saturated rings. The average Bonchev–Trinajstić information content (AvgIpc) is 3.41. The predicted octanol–water partition coefficient (Wildman–Crippen LogP) is 12.3. The van der Waals surface area contributed by atoms with Gasteiger partial charge in [-0.15, -0.1) is 13.0 Å². The molecule has 0 bridgehead atoms. The molecule has 0 nitrogen and oxygen atoms in total. The summed E-state index contributed by atoms with van der Waals surface area (Å²) in [4.78, 5) is 0. The van der Waals surface area contributed by atoms with E-state index in [1.807, 2.05) is 41.5 Å². The quantitative estimate of drug-likeness (QED) is 0.251. The summed E-state index contributed by atoms with van der Waals surface area (Å²) in [5.41, 5.74) is 8.15. The number of hydrogen-bond donors (Lipinski definition) is 0. The third kappa shape index (κ3) is 11.6. The van der Waals surface area contributed by atoms with E-state index in [-0.39, 0.29) is 47.6 Å². The zero-order valence-corrected chi connectivity index (χ0v) is 29.5. The summed E-state index contributed by atoms with van der Waals surface area (Å²) in [6.45, 7) is 21.1. The number of rotatable bonds is 6. The molecule has 4 rings (SSSR count). The Labute approximate surface area is 263 Å². The van der Waals surface area contributed by atoms with Crippen molar-refractivity contribution < 1.29 is 32.7 Å². The van der Waals surface area contributed by atoms with Crippen LogP contribution in [0.5, 0.6) is 0 Å². The van der Waals surface area contributed by atoms with Crippen molar-refractivity contribution in [1.29, 1.82) is 0 Å². The Balaban J connectivity index is -0.00000127. The van der Waals surface area contributed by atoms with E-state index < -0.39 is 0 Å². The van der Waals surface area contributed by atoms with Gasteiger partial charge in [-0.1, -0.05) is 122 Å². The molecule has 0 saturated heterocycles. The standard InChI is InChI=1S/C29H31.3C2H6.2CH3.Y/c1-5-22-6-8-26(17-22)24-10-12-25(13-11-24)28-15-14-27-18-23(7-9-29(27)19-28)16-21(4)20(2)3;3*1-2;;;/h5-15,18-21H,16-17H2,1-4H3;3*1-2H3;2*1H3;/q-1;;;;2*-1;+3. The van der Waals surface area contributed by atoms with Gasteiger partial charge in [-0.25, -0.2) is 18.1 Å². The van der Waals surface area contributed by atoms with E-state index in [0.717, 1.165) is 18.8 Å². The molecule has 3 aromatic carbocycles. The molecule has 1 aliphatic rings. The van der Waals surface area contributed by atoms with Gasteiger partial charge in [0.2, 0.25) is 0 Å². The van der Waals surface area contributed by atoms with E-state index in [1.54, 1.807) is 0 Å². The van der Waals surface area contributed by atoms with Crippen LogP contribution in [0.1, 0.15) is 86.8 Å². The SMILES string of the molecule is CC.CC.CC.C[CH-]C1=CC=C(c2ccc(-c3ccc4cc(CC(C)C(C)C)ccc4c3)cc2)C1.[CH3-].[CH3-].[Y+3]. The van der Waals surface area contributed by atoms with Crippen LogP contribution in [0.2, 0.25) is 0 Å². The summed E-state index contributed by atoms with van der Waals surface area (Å²) >= 11 is 0. The van der Waals surface area contributed by atoms with E-state index in [9.17, 15) is 0 Å². The molecule has 0 heterocycles. The number of fused-ring (bicyclic) bond motifs is 1. The second-order valence-electron chi connectivity index (χ2n) is 8.80. The van der Waals surface area contributed by atoms with Crippen molar-refractivity contribution in [2.45, 2.75) is 82.1 Å². The van der Waals surface area contributed by atoms with Crippen molar-refractivity contribution in [1.82, 2.24) is 0 Å². The van der Waals surface area contributed by atoms with Crippen LogP contribution in [0.15, 0.2) is 78.4 Å². The molecule has 0 radical (unpaired) electrons. The van der Waals surface area contributed by atoms with Crippen molar-refractivity contribution >= 4 is 16.3 Å². The molecule has 1 atom stereocenters. The minimum Gasteiger partial charge on any atom is -0.358 e. The molecule has 3 aromatic rings. The van der Waals surface area contributed by atoms with Crippen LogP contribution in [0, 0.1) is 33.1 Å². The molecule has 0 saturated carbocycles. The van der Waals surface area contributed by atoms with Crippen molar-refractivity contribution in [3.63, 3.8) is 0 Å². The largest absolute Gasteiger partial charge is 3.00 e. The molecule has 0 amide bonds. The maximum absolute atomic E-state index is 2.36. The van der Waals surface area contributed by atoms with Crippen LogP contribution < -0.4 is 0 Å². The maximum Gasteiger partial charge on any atom is 3.00 e. The second kappa shape index (κ2) is 22.2. The maximum atomic E-state index is 2.36. The summed E-state index contributed by atoms with van der Waals surface area (Å²) in [7, 11) is 0. The molecule has 0 aromatic heterocycles. The molecule has 0 N–H and O–H groups in total. The number of benzene rings is 3. The van der Waals surface area contributed by atoms with E-state index in [0.29, 0.717) is 5.92 Å². The number of hydrogen-bond acceptors (Lipinski definition) is 0. The molecule has 0 spiro atoms. The molecular formula is C37H55Y. The summed E-state index contributed by atoms with van der Waals surface area (Å²) in [6, 6.07) is 22.8. The van der Waals surface area contributed by atoms with Gasteiger partial charge in [-0.3, -0.25) is 0 Å². The fourth-order valence-corrected chi connectivity index (χ4v) is 4.03. The third-order valence-electron chi connectivity index (χ3n) is 6.45. The molecule has 1 aliphatic carbocycles. The van der Waals surface area contributed by atoms with Crippen molar-refractivity contribution in [2.24, 2.45) is 11.8 Å². The fourth-order valence-electron chi connectivity index (χ4n) is 4.03. The van der Waals surface area contributed by atoms with Crippen LogP contribution in [-0.4, -0.2) is 0 Å². The Morgan fingerprint density at radius 2 is 1.16 bits per heavy atom. The van der Waals surface area contributed by atoms with E-state index in [2.05, 4.69) is 107 Å². The minimum absolute atomic E-state index is 0. The van der Waals surface area contributed by atoms with Crippen molar-refractivity contribution in [3.05, 3.63) is 111 Å². The molecule has 206 valence electrons. The number of allylic oxidation sites excluding steroid dienone is 4. The van der Waals surface area contributed by atoms with Gasteiger partial charge >= 0.3 is 32.7 Å². The van der Waals surface area contributed by atoms with Crippen LogP contribution in [0.3, 0.4) is 0 Å². The zero-order chi connectivity index (χ0) is 26.4. The van der Waals surface area contributed by atoms with Crippen LogP contribution >= 0.6 is 0 Å². The Morgan fingerprint density at radius 3 is 1.68 bits per heavy atom. The van der Waals surface area contributed by atoms with Gasteiger partial charge in [0.05, 0.1) is 0 Å². The molecule has 0 aliphatic heterocycles. The van der Waals surface area contributed by atoms with Gasteiger partial charge in [0.15, 0.2) is 0 Å². The predicted molar refractivity (Wildman–Crippen MR) is 175 cm³/mol. The first-order chi connectivity index (χ1) is 17.0. The summed E-state index contributed by atoms with van der Waals surface area (Å²) in [6.07, 6.45) is 8.87. The third-order valence-corrected chi connectivity index (χ3v) is 6.45. The van der Waals surface area contributed by atoms with Crippen LogP contribution in [-0.2, 0) is 39.1 Å². The van der Waals surface area contributed by atoms with E-state index >= 15 is 0 Å². The average molecular weight is 589 g/mol. The molecular weight excluding hydrogens is 533 g/mol. The van der Waals surface area contributed by atoms with Gasteiger partial charge in [0.25, 0.3) is 0 Å². The normalized spacial score (nSPS) is 11.8. The monoisotopic (exact) mass is 588 g/mol. The summed E-state index contributed by atoms with van der Waals surface area (Å²) < 4.78 is 0. The molecule has 1 heteroatoms. The Kier molecular flexibility index (Phi) is 23.9. The Hall–Kier alpha value is -1.63. The van der Waals surface area contributed by atoms with Gasteiger partial charge in [0.1, 0.15) is 0 Å². The van der Waals surface area contributed by atoms with Gasteiger partial charge in [-0.05, 0) is 63.8 Å². The fraction of sp³-hybridized carbons (Fsp3) is 0.378. The summed E-state index contributed by atoms with van der Waals surface area (Å²) in [5.74, 6) is 1.43. The van der Waals surface area contributed by atoms with Gasteiger partial charge in [0, 0.05) is 0 Å². The van der Waals surface area contributed by atoms with E-state index in [1.165, 1.54) is 44.2 Å². The summed E-state index contributed by atoms with van der Waals surface area (Å²) in [5, 5.41) is 2.66. The molecule has 1 unspecified atom stereocenters. The minimum atomic E-state index is 0. The van der Waals surface area contributed by atoms with E-state index in [4.69, 9.17) is 0 Å².